The molecule has 6 aromatic rings. The van der Waals surface area contributed by atoms with Gasteiger partial charge in [-0.3, -0.25) is 0 Å². The van der Waals surface area contributed by atoms with Crippen LogP contribution in [0.2, 0.25) is 0 Å². The van der Waals surface area contributed by atoms with E-state index in [2.05, 4.69) is 184 Å². The summed E-state index contributed by atoms with van der Waals surface area (Å²) in [6.07, 6.45) is 4.46. The quantitative estimate of drug-likeness (QED) is 0.102. The van der Waals surface area contributed by atoms with Gasteiger partial charge in [0.15, 0.2) is 9.34 Å². The van der Waals surface area contributed by atoms with E-state index in [1.165, 1.54) is 34.8 Å². The van der Waals surface area contributed by atoms with Gasteiger partial charge in [-0.1, -0.05) is 120 Å². The molecule has 4 heterocycles. The van der Waals surface area contributed by atoms with Gasteiger partial charge in [0, 0.05) is 32.1 Å². The number of hydrogen-bond donors (Lipinski definition) is 1. The van der Waals surface area contributed by atoms with Crippen molar-refractivity contribution in [1.82, 2.24) is 0 Å². The largest absolute Gasteiger partial charge is 0.0622 e. The molecule has 0 aliphatic carbocycles. The van der Waals surface area contributed by atoms with E-state index >= 15 is 0 Å². The third-order valence-electron chi connectivity index (χ3n) is 7.03. The second kappa shape index (κ2) is 39.3. The first kappa shape index (κ1) is 64.2. The van der Waals surface area contributed by atoms with Crippen LogP contribution in [0.1, 0.15) is 69.4 Å². The predicted molar refractivity (Wildman–Crippen MR) is 268 cm³/mol. The molecule has 0 atom stereocenters. The van der Waals surface area contributed by atoms with Crippen LogP contribution in [0.4, 0.5) is 0 Å². The van der Waals surface area contributed by atoms with Crippen LogP contribution in [0.15, 0.2) is 145 Å². The molecule has 7 rings (SSSR count). The summed E-state index contributed by atoms with van der Waals surface area (Å²) in [5, 5.41) is 12.6. The van der Waals surface area contributed by atoms with Crippen molar-refractivity contribution < 1.29 is 61.1 Å². The third kappa shape index (κ3) is 26.0. The molecule has 1 aliphatic rings. The van der Waals surface area contributed by atoms with Gasteiger partial charge >= 0.3 is 68.0 Å². The van der Waals surface area contributed by atoms with E-state index in [1.807, 2.05) is 19.1 Å². The van der Waals surface area contributed by atoms with Crippen LogP contribution in [-0.2, 0) is 50.8 Å². The summed E-state index contributed by atoms with van der Waals surface area (Å²) in [6, 6.07) is 37.7. The van der Waals surface area contributed by atoms with Crippen molar-refractivity contribution in [2.45, 2.75) is 61.3 Å². The smallest absolute Gasteiger partial charge is 0.0134 e. The van der Waals surface area contributed by atoms with Gasteiger partial charge in [0.05, 0.1) is 13.4 Å². The molecule has 3 aromatic carbocycles. The van der Waals surface area contributed by atoms with Crippen LogP contribution in [0.25, 0.3) is 0 Å². The van der Waals surface area contributed by atoms with Crippen molar-refractivity contribution in [1.29, 1.82) is 0 Å². The van der Waals surface area contributed by atoms with Crippen molar-refractivity contribution in [2.24, 2.45) is 0 Å². The Morgan fingerprint density at radius 2 is 1.02 bits per heavy atom. The van der Waals surface area contributed by atoms with Crippen LogP contribution in [0.5, 0.6) is 0 Å². The van der Waals surface area contributed by atoms with Gasteiger partial charge in [-0.15, -0.1) is 0 Å². The molecule has 60 heavy (non-hydrogen) atoms. The van der Waals surface area contributed by atoms with Gasteiger partial charge in [0.2, 0.25) is 5.76 Å². The van der Waals surface area contributed by atoms with Crippen LogP contribution < -0.4 is 15.9 Å². The van der Waals surface area contributed by atoms with Crippen LogP contribution in [0.3, 0.4) is 0 Å². The number of rotatable bonds is 6. The summed E-state index contributed by atoms with van der Waals surface area (Å²) >= 11 is 16.8. The molecule has 17 heteroatoms. The molecule has 1 saturated heterocycles. The van der Waals surface area contributed by atoms with E-state index < -0.39 is 13.9 Å². The zero-order chi connectivity index (χ0) is 42.6. The van der Waals surface area contributed by atoms with E-state index in [0.717, 1.165) is 74.3 Å². The Morgan fingerprint density at radius 1 is 0.667 bits per heavy atom. The summed E-state index contributed by atoms with van der Waals surface area (Å²) in [6.45, 7) is 8.08. The Kier molecular flexibility index (Phi) is 42.0. The molecular weight excluding hydrogens is 1320 g/mol. The number of aromatic carboxylic acids is 1. The molecule has 0 bridgehead atoms. The summed E-state index contributed by atoms with van der Waals surface area (Å²) in [4.78, 5) is 10.2. The maximum Gasteiger partial charge on any atom is -0.0134 e. The zero-order valence-corrected chi connectivity index (χ0v) is 47.7. The second-order valence-electron chi connectivity index (χ2n) is 10.9. The average molecular weight is 1370 g/mol. The number of furan rings is 3. The molecule has 0 radical (unpaired) electrons. The maximum atomic E-state index is 10.2. The van der Waals surface area contributed by atoms with E-state index in [9.17, 15) is 4.79 Å². The fourth-order valence-electron chi connectivity index (χ4n) is 4.40. The fraction of sp³-hybridized carbons (Fsp3) is 0.256. The number of hydrogen-bond acceptors (Lipinski definition) is 5. The van der Waals surface area contributed by atoms with E-state index in [0.29, 0.717) is 9.14 Å². The Hall–Kier alpha value is -0.0843. The molecule has 1 aliphatic heterocycles. The molecule has 1 fully saturated rings. The Morgan fingerprint density at radius 3 is 1.22 bits per heavy atom. The molecular formula is C43H51Br5Cl3O6PPdZn. The minimum absolute atomic E-state index is 0. The molecule has 3 aromatic heterocycles. The van der Waals surface area contributed by atoms with E-state index in [-0.39, 0.29) is 44.0 Å². The van der Waals surface area contributed by atoms with Crippen LogP contribution in [-0.4, -0.2) is 24.3 Å². The zero-order valence-electron chi connectivity index (χ0n) is 32.1. The summed E-state index contributed by atoms with van der Waals surface area (Å²) < 4.78 is 24.1. The van der Waals surface area contributed by atoms with Gasteiger partial charge in [0.1, 0.15) is 17.3 Å². The number of benzene rings is 3. The number of aryl methyl sites for hydroxylation is 3. The molecule has 0 unspecified atom stereocenters. The normalized spacial score (nSPS) is 10.5. The van der Waals surface area contributed by atoms with Crippen molar-refractivity contribution in [3.05, 3.63) is 162 Å². The van der Waals surface area contributed by atoms with Crippen molar-refractivity contribution >= 4 is 138 Å². The number of carbonyl (C=O) groups is 1. The molecule has 332 valence electrons. The molecule has 0 amide bonds. The minimum atomic E-state index is -1.08. The fourth-order valence-corrected chi connectivity index (χ4v) is 8.28. The number of carboxylic acid groups (broad SMARTS) is 1. The van der Waals surface area contributed by atoms with Crippen molar-refractivity contribution in [3.8, 4) is 0 Å². The molecule has 6 nitrogen and oxygen atoms in total. The van der Waals surface area contributed by atoms with Crippen molar-refractivity contribution in [3.63, 3.8) is 0 Å². The SMILES string of the molecule is C.C.C1CCOC1.CCc1cc(Br)c(Br)o1.CCc1cc(Br)c(C)o1.O=C(O)c1cc(Br)c(Br)o1.[CH3-].[Cl][Pd][Cl].[Cl][Zn+].c1ccc(P(c2ccccc2)c2ccccc2)cc1. The average Bonchev–Trinajstić information content (AvgIpc) is 4.06. The van der Waals surface area contributed by atoms with Gasteiger partial charge in [-0.25, -0.2) is 4.79 Å². The number of ether oxygens (including phenoxy) is 1. The van der Waals surface area contributed by atoms with Gasteiger partial charge in [-0.2, -0.15) is 0 Å². The van der Waals surface area contributed by atoms with E-state index in [1.54, 1.807) is 0 Å². The summed E-state index contributed by atoms with van der Waals surface area (Å²) in [5.74, 6) is 1.84. The predicted octanol–water partition coefficient (Wildman–Crippen LogP) is 16.8. The van der Waals surface area contributed by atoms with Crippen LogP contribution >= 0.6 is 116 Å². The minimum Gasteiger partial charge on any atom is -0.0622 e. The first-order valence-electron chi connectivity index (χ1n) is 16.9. The Balaban J connectivity index is -0.000000689. The topological polar surface area (TPSA) is 86.0 Å². The third-order valence-corrected chi connectivity index (χ3v) is 13.7. The number of halogens is 8. The van der Waals surface area contributed by atoms with Crippen LogP contribution in [0, 0.1) is 14.4 Å². The van der Waals surface area contributed by atoms with Gasteiger partial charge in [-0.05, 0) is 135 Å². The molecule has 0 spiro atoms. The Bertz CT molecular complexity index is 1730. The maximum absolute atomic E-state index is 10.2. The second-order valence-corrected chi connectivity index (χ2v) is 19.5. The molecule has 1 N–H and O–H groups in total. The monoisotopic (exact) mass is 1360 g/mol. The molecule has 0 saturated carbocycles. The first-order chi connectivity index (χ1) is 27.4. The Labute approximate surface area is 431 Å². The summed E-state index contributed by atoms with van der Waals surface area (Å²) in [7, 11) is 13.9. The van der Waals surface area contributed by atoms with Gasteiger partial charge in [0.25, 0.3) is 0 Å². The standard InChI is InChI=1S/C18H15P.C7H9BrO.C6H6Br2O.C5H2Br2O3.C4H8O.2CH4.CH3.3ClH.Pd.Zn/c1-4-10-16(11-5-1)19(17-12-6-2-7-13-17)18-14-8-3-9-15-18;1-3-6-4-7(8)5(2)9-6;1-2-4-3-5(7)6(8)9-4;6-2-1-3(5(8)9)10-4(2)7;1-2-4-5-3-1;;;;;;;;/h1-15H;4H,3H2,1-2H3;3H,2H2,1H3;1H,(H,8,9);1-4H2;2*1H4;1H3;3*1H;;/q;;;;;;;-1;;;;2*+2/p-3. The number of carboxylic acids is 1. The van der Waals surface area contributed by atoms with Gasteiger partial charge < -0.3 is 30.5 Å². The van der Waals surface area contributed by atoms with E-state index in [4.69, 9.17) is 51.8 Å². The van der Waals surface area contributed by atoms with Crippen molar-refractivity contribution in [2.75, 3.05) is 13.2 Å². The first-order valence-corrected chi connectivity index (χ1v) is 30.1. The summed E-state index contributed by atoms with van der Waals surface area (Å²) in [5.41, 5.74) is 0.